The van der Waals surface area contributed by atoms with Crippen LogP contribution < -0.4 is 11.1 Å². The molecule has 22 heavy (non-hydrogen) atoms. The van der Waals surface area contributed by atoms with E-state index in [4.69, 9.17) is 5.73 Å². The quantitative estimate of drug-likeness (QED) is 0.818. The summed E-state index contributed by atoms with van der Waals surface area (Å²) in [5.74, 6) is -0.694. The molecule has 0 unspecified atom stereocenters. The van der Waals surface area contributed by atoms with Crippen LogP contribution in [0.4, 0.5) is 0 Å². The number of hydrogen-bond donors (Lipinski definition) is 2. The molecule has 0 aromatic heterocycles. The molecule has 0 aliphatic heterocycles. The van der Waals surface area contributed by atoms with Crippen LogP contribution in [-0.4, -0.2) is 17.9 Å². The van der Waals surface area contributed by atoms with Crippen molar-refractivity contribution >= 4 is 11.8 Å². The van der Waals surface area contributed by atoms with E-state index in [1.54, 1.807) is 0 Å². The lowest BCUT2D eigenvalue weighted by molar-refractivity contribution is -0.127. The van der Waals surface area contributed by atoms with Crippen molar-refractivity contribution in [1.29, 1.82) is 0 Å². The van der Waals surface area contributed by atoms with Gasteiger partial charge in [0.1, 0.15) is 6.04 Å². The van der Waals surface area contributed by atoms with Crippen molar-refractivity contribution in [3.8, 4) is 0 Å². The smallest absolute Gasteiger partial charge is 0.240 e. The summed E-state index contributed by atoms with van der Waals surface area (Å²) < 4.78 is 0. The minimum atomic E-state index is -0.642. The Morgan fingerprint density at radius 1 is 0.909 bits per heavy atom. The first kappa shape index (κ1) is 15.8. The maximum atomic E-state index is 12.0. The summed E-state index contributed by atoms with van der Waals surface area (Å²) in [6.45, 7) is 0. The first-order chi connectivity index (χ1) is 10.6. The van der Waals surface area contributed by atoms with Gasteiger partial charge in [-0.3, -0.25) is 9.59 Å². The normalized spacial score (nSPS) is 11.6. The first-order valence-corrected chi connectivity index (χ1v) is 7.31. The highest BCUT2D eigenvalue weighted by atomic mass is 16.2. The number of amides is 2. The summed E-state index contributed by atoms with van der Waals surface area (Å²) in [7, 11) is 0. The molecule has 0 spiro atoms. The van der Waals surface area contributed by atoms with Crippen LogP contribution in [0.15, 0.2) is 60.7 Å². The number of primary amides is 1. The SMILES string of the molecule is NC(=O)[C@H](CCc1ccccc1)NC(=O)Cc1ccccc1. The zero-order valence-corrected chi connectivity index (χ0v) is 12.4. The third kappa shape index (κ3) is 5.05. The van der Waals surface area contributed by atoms with Gasteiger partial charge in [-0.05, 0) is 24.0 Å². The molecule has 4 nitrogen and oxygen atoms in total. The maximum absolute atomic E-state index is 12.0. The molecule has 0 aliphatic rings. The van der Waals surface area contributed by atoms with Gasteiger partial charge in [0.2, 0.25) is 11.8 Å². The summed E-state index contributed by atoms with van der Waals surface area (Å²) in [6, 6.07) is 18.6. The zero-order chi connectivity index (χ0) is 15.8. The molecule has 0 radical (unpaired) electrons. The zero-order valence-electron chi connectivity index (χ0n) is 12.4. The highest BCUT2D eigenvalue weighted by Gasteiger charge is 2.17. The number of carbonyl (C=O) groups is 2. The standard InChI is InChI=1S/C18H20N2O2/c19-18(22)16(12-11-14-7-3-1-4-8-14)20-17(21)13-15-9-5-2-6-10-15/h1-10,16H,11-13H2,(H2,19,22)(H,20,21)/t16-/m0/s1. The van der Waals surface area contributed by atoms with Crippen LogP contribution in [0.5, 0.6) is 0 Å². The Kier molecular flexibility index (Phi) is 5.72. The molecule has 2 aromatic carbocycles. The van der Waals surface area contributed by atoms with E-state index in [1.165, 1.54) is 0 Å². The molecule has 0 saturated carbocycles. The number of hydrogen-bond acceptors (Lipinski definition) is 2. The van der Waals surface area contributed by atoms with Gasteiger partial charge >= 0.3 is 0 Å². The van der Waals surface area contributed by atoms with Crippen molar-refractivity contribution in [3.63, 3.8) is 0 Å². The number of nitrogens with two attached hydrogens (primary N) is 1. The van der Waals surface area contributed by atoms with Gasteiger partial charge < -0.3 is 11.1 Å². The van der Waals surface area contributed by atoms with E-state index < -0.39 is 11.9 Å². The molecule has 4 heteroatoms. The van der Waals surface area contributed by atoms with E-state index in [-0.39, 0.29) is 12.3 Å². The molecule has 1 atom stereocenters. The maximum Gasteiger partial charge on any atom is 0.240 e. The fourth-order valence-electron chi connectivity index (χ4n) is 2.27. The van der Waals surface area contributed by atoms with Crippen LogP contribution in [0, 0.1) is 0 Å². The molecular formula is C18H20N2O2. The van der Waals surface area contributed by atoms with E-state index in [9.17, 15) is 9.59 Å². The molecule has 2 amide bonds. The van der Waals surface area contributed by atoms with Crippen LogP contribution in [0.2, 0.25) is 0 Å². The summed E-state index contributed by atoms with van der Waals surface area (Å²) in [5.41, 5.74) is 7.41. The van der Waals surface area contributed by atoms with E-state index in [0.717, 1.165) is 11.1 Å². The van der Waals surface area contributed by atoms with Gasteiger partial charge in [-0.1, -0.05) is 60.7 Å². The van der Waals surface area contributed by atoms with Crippen LogP contribution in [0.1, 0.15) is 17.5 Å². The fourth-order valence-corrected chi connectivity index (χ4v) is 2.27. The lowest BCUT2D eigenvalue weighted by Crippen LogP contribution is -2.45. The van der Waals surface area contributed by atoms with Gasteiger partial charge in [0.15, 0.2) is 0 Å². The lowest BCUT2D eigenvalue weighted by atomic mass is 10.0. The van der Waals surface area contributed by atoms with E-state index in [0.29, 0.717) is 12.8 Å². The number of aryl methyl sites for hydroxylation is 1. The molecule has 0 bridgehead atoms. The summed E-state index contributed by atoms with van der Waals surface area (Å²) in [5, 5.41) is 2.72. The Hall–Kier alpha value is -2.62. The molecule has 114 valence electrons. The average molecular weight is 296 g/mol. The van der Waals surface area contributed by atoms with Gasteiger partial charge in [0, 0.05) is 0 Å². The highest BCUT2D eigenvalue weighted by molar-refractivity contribution is 5.87. The van der Waals surface area contributed by atoms with Gasteiger partial charge in [0.25, 0.3) is 0 Å². The van der Waals surface area contributed by atoms with E-state index in [1.807, 2.05) is 60.7 Å². The number of benzene rings is 2. The van der Waals surface area contributed by atoms with E-state index in [2.05, 4.69) is 5.32 Å². The third-order valence-electron chi connectivity index (χ3n) is 3.45. The predicted molar refractivity (Wildman–Crippen MR) is 86.0 cm³/mol. The molecule has 3 N–H and O–H groups in total. The van der Waals surface area contributed by atoms with E-state index >= 15 is 0 Å². The molecule has 0 aliphatic carbocycles. The largest absolute Gasteiger partial charge is 0.368 e. The van der Waals surface area contributed by atoms with Gasteiger partial charge in [-0.2, -0.15) is 0 Å². The molecule has 0 fully saturated rings. The number of nitrogens with one attached hydrogen (secondary N) is 1. The Morgan fingerprint density at radius 2 is 1.45 bits per heavy atom. The van der Waals surface area contributed by atoms with Crippen molar-refractivity contribution in [2.24, 2.45) is 5.73 Å². The minimum absolute atomic E-state index is 0.192. The fraction of sp³-hybridized carbons (Fsp3) is 0.222. The second-order valence-corrected chi connectivity index (χ2v) is 5.21. The van der Waals surface area contributed by atoms with Crippen LogP contribution >= 0.6 is 0 Å². The second-order valence-electron chi connectivity index (χ2n) is 5.21. The lowest BCUT2D eigenvalue weighted by Gasteiger charge is -2.15. The second kappa shape index (κ2) is 7.98. The van der Waals surface area contributed by atoms with Gasteiger partial charge in [-0.15, -0.1) is 0 Å². The third-order valence-corrected chi connectivity index (χ3v) is 3.45. The number of rotatable bonds is 7. The Bertz CT molecular complexity index is 611. The molecule has 2 rings (SSSR count). The summed E-state index contributed by atoms with van der Waals surface area (Å²) in [4.78, 5) is 23.5. The highest BCUT2D eigenvalue weighted by Crippen LogP contribution is 2.06. The Labute approximate surface area is 130 Å². The van der Waals surface area contributed by atoms with Crippen LogP contribution in [0.25, 0.3) is 0 Å². The Morgan fingerprint density at radius 3 is 2.00 bits per heavy atom. The first-order valence-electron chi connectivity index (χ1n) is 7.31. The van der Waals surface area contributed by atoms with Crippen molar-refractivity contribution < 1.29 is 9.59 Å². The van der Waals surface area contributed by atoms with Crippen LogP contribution in [-0.2, 0) is 22.4 Å². The van der Waals surface area contributed by atoms with Crippen molar-refractivity contribution in [1.82, 2.24) is 5.32 Å². The van der Waals surface area contributed by atoms with Crippen molar-refractivity contribution in [2.75, 3.05) is 0 Å². The summed E-state index contributed by atoms with van der Waals surface area (Å²) in [6.07, 6.45) is 1.44. The monoisotopic (exact) mass is 296 g/mol. The number of carbonyl (C=O) groups excluding carboxylic acids is 2. The van der Waals surface area contributed by atoms with Crippen molar-refractivity contribution in [3.05, 3.63) is 71.8 Å². The topological polar surface area (TPSA) is 72.2 Å². The van der Waals surface area contributed by atoms with Gasteiger partial charge in [0.05, 0.1) is 6.42 Å². The summed E-state index contributed by atoms with van der Waals surface area (Å²) >= 11 is 0. The molecular weight excluding hydrogens is 276 g/mol. The van der Waals surface area contributed by atoms with Crippen LogP contribution in [0.3, 0.4) is 0 Å². The minimum Gasteiger partial charge on any atom is -0.368 e. The molecule has 0 saturated heterocycles. The molecule has 0 heterocycles. The molecule has 2 aromatic rings. The predicted octanol–water partition coefficient (Wildman–Crippen LogP) is 1.83. The van der Waals surface area contributed by atoms with Gasteiger partial charge in [-0.25, -0.2) is 0 Å². The van der Waals surface area contributed by atoms with Crippen molar-refractivity contribution in [2.45, 2.75) is 25.3 Å². The Balaban J connectivity index is 1.88. The average Bonchev–Trinajstić information content (AvgIpc) is 2.53.